The molecule has 3 rings (SSSR count). The van der Waals surface area contributed by atoms with Crippen molar-refractivity contribution in [3.63, 3.8) is 0 Å². The summed E-state index contributed by atoms with van der Waals surface area (Å²) in [6, 6.07) is 10.4. The van der Waals surface area contributed by atoms with Gasteiger partial charge in [-0.3, -0.25) is 0 Å². The Bertz CT molecular complexity index is 683. The number of ether oxygens (including phenoxy) is 1. The minimum absolute atomic E-state index is 0.896. The number of unbranched alkanes of at least 4 members (excludes halogenated alkanes) is 1. The predicted octanol–water partition coefficient (Wildman–Crippen LogP) is 3.05. The van der Waals surface area contributed by atoms with E-state index in [0.717, 1.165) is 50.1 Å². The van der Waals surface area contributed by atoms with Gasteiger partial charge in [0.15, 0.2) is 0 Å². The molecule has 140 valence electrons. The molecule has 0 unspecified atom stereocenters. The van der Waals surface area contributed by atoms with Crippen LogP contribution in [-0.4, -0.2) is 56.8 Å². The van der Waals surface area contributed by atoms with Gasteiger partial charge in [0.1, 0.15) is 23.7 Å². The average Bonchev–Trinajstić information content (AvgIpc) is 2.72. The third kappa shape index (κ3) is 4.36. The highest BCUT2D eigenvalue weighted by Gasteiger charge is 2.19. The van der Waals surface area contributed by atoms with Gasteiger partial charge in [-0.15, -0.1) is 0 Å². The van der Waals surface area contributed by atoms with Crippen LogP contribution in [0.5, 0.6) is 5.75 Å². The van der Waals surface area contributed by atoms with Crippen LogP contribution in [0, 0.1) is 0 Å². The monoisotopic (exact) mass is 355 g/mol. The molecule has 0 spiro atoms. The standard InChI is InChI=1S/C20H29N5O/c1-4-5-10-23(2)19-15-20(22-16-21-19)25-13-11-24(12-14-25)17-6-8-18(26-3)9-7-17/h6-9,15-16H,4-5,10-14H2,1-3H3. The van der Waals surface area contributed by atoms with Gasteiger partial charge < -0.3 is 19.4 Å². The molecule has 0 bridgehead atoms. The molecule has 1 aliphatic heterocycles. The highest BCUT2D eigenvalue weighted by atomic mass is 16.5. The van der Waals surface area contributed by atoms with E-state index in [0.29, 0.717) is 0 Å². The van der Waals surface area contributed by atoms with Crippen molar-refractivity contribution in [2.45, 2.75) is 19.8 Å². The maximum Gasteiger partial charge on any atom is 0.134 e. The van der Waals surface area contributed by atoms with Gasteiger partial charge in [-0.1, -0.05) is 13.3 Å². The number of anilines is 3. The first kappa shape index (κ1) is 18.3. The van der Waals surface area contributed by atoms with Gasteiger partial charge in [0.05, 0.1) is 7.11 Å². The zero-order valence-electron chi connectivity index (χ0n) is 16.1. The van der Waals surface area contributed by atoms with Gasteiger partial charge >= 0.3 is 0 Å². The van der Waals surface area contributed by atoms with Gasteiger partial charge in [0.25, 0.3) is 0 Å². The normalized spacial score (nSPS) is 14.4. The van der Waals surface area contributed by atoms with Crippen molar-refractivity contribution < 1.29 is 4.74 Å². The lowest BCUT2D eigenvalue weighted by Gasteiger charge is -2.37. The molecule has 1 saturated heterocycles. The van der Waals surface area contributed by atoms with Crippen molar-refractivity contribution in [1.29, 1.82) is 0 Å². The van der Waals surface area contributed by atoms with Crippen molar-refractivity contribution in [2.75, 3.05) is 61.6 Å². The van der Waals surface area contributed by atoms with Crippen LogP contribution in [0.25, 0.3) is 0 Å². The minimum Gasteiger partial charge on any atom is -0.497 e. The maximum absolute atomic E-state index is 5.24. The number of benzene rings is 1. The van der Waals surface area contributed by atoms with E-state index >= 15 is 0 Å². The summed E-state index contributed by atoms with van der Waals surface area (Å²) in [6.45, 7) is 7.12. The number of hydrogen-bond acceptors (Lipinski definition) is 6. The molecular formula is C20H29N5O. The third-order valence-corrected chi connectivity index (χ3v) is 4.92. The lowest BCUT2D eigenvalue weighted by atomic mass is 10.2. The second kappa shape index (κ2) is 8.74. The Hall–Kier alpha value is -2.50. The molecule has 0 aliphatic carbocycles. The molecule has 26 heavy (non-hydrogen) atoms. The van der Waals surface area contributed by atoms with Gasteiger partial charge in [-0.05, 0) is 30.7 Å². The maximum atomic E-state index is 5.24. The first-order chi connectivity index (χ1) is 12.7. The molecule has 6 nitrogen and oxygen atoms in total. The molecule has 1 aromatic heterocycles. The van der Waals surface area contributed by atoms with E-state index in [4.69, 9.17) is 4.74 Å². The number of rotatable bonds is 7. The SMILES string of the molecule is CCCCN(C)c1cc(N2CCN(c3ccc(OC)cc3)CC2)ncn1. The lowest BCUT2D eigenvalue weighted by molar-refractivity contribution is 0.415. The summed E-state index contributed by atoms with van der Waals surface area (Å²) in [6.07, 6.45) is 4.05. The summed E-state index contributed by atoms with van der Waals surface area (Å²) in [5.74, 6) is 2.92. The van der Waals surface area contributed by atoms with E-state index in [1.807, 2.05) is 12.1 Å². The minimum atomic E-state index is 0.896. The molecule has 2 heterocycles. The molecule has 1 aliphatic rings. The van der Waals surface area contributed by atoms with Crippen molar-refractivity contribution in [2.24, 2.45) is 0 Å². The Morgan fingerprint density at radius 1 is 1.04 bits per heavy atom. The van der Waals surface area contributed by atoms with E-state index in [2.05, 4.69) is 56.8 Å². The van der Waals surface area contributed by atoms with Crippen LogP contribution in [0.4, 0.5) is 17.3 Å². The summed E-state index contributed by atoms with van der Waals surface area (Å²) in [4.78, 5) is 15.9. The Labute approximate surface area is 156 Å². The molecule has 1 fully saturated rings. The van der Waals surface area contributed by atoms with Gasteiger partial charge in [-0.2, -0.15) is 0 Å². The fourth-order valence-electron chi connectivity index (χ4n) is 3.22. The zero-order chi connectivity index (χ0) is 18.4. The molecule has 0 N–H and O–H groups in total. The van der Waals surface area contributed by atoms with E-state index < -0.39 is 0 Å². The largest absolute Gasteiger partial charge is 0.497 e. The lowest BCUT2D eigenvalue weighted by Crippen LogP contribution is -2.46. The molecular weight excluding hydrogens is 326 g/mol. The van der Waals surface area contributed by atoms with Gasteiger partial charge in [-0.25, -0.2) is 9.97 Å². The highest BCUT2D eigenvalue weighted by Crippen LogP contribution is 2.23. The van der Waals surface area contributed by atoms with E-state index in [1.54, 1.807) is 13.4 Å². The Morgan fingerprint density at radius 3 is 2.38 bits per heavy atom. The first-order valence-electron chi connectivity index (χ1n) is 9.38. The number of aromatic nitrogens is 2. The smallest absolute Gasteiger partial charge is 0.134 e. The summed E-state index contributed by atoms with van der Waals surface area (Å²) < 4.78 is 5.24. The van der Waals surface area contributed by atoms with Crippen molar-refractivity contribution in [3.8, 4) is 5.75 Å². The van der Waals surface area contributed by atoms with Crippen LogP contribution >= 0.6 is 0 Å². The van der Waals surface area contributed by atoms with Crippen LogP contribution in [0.2, 0.25) is 0 Å². The molecule has 0 saturated carbocycles. The molecule has 6 heteroatoms. The van der Waals surface area contributed by atoms with Crippen LogP contribution in [0.3, 0.4) is 0 Å². The fourth-order valence-corrected chi connectivity index (χ4v) is 3.22. The molecule has 1 aromatic carbocycles. The number of hydrogen-bond donors (Lipinski definition) is 0. The Balaban J connectivity index is 1.60. The summed E-state index contributed by atoms with van der Waals surface area (Å²) in [5, 5.41) is 0. The number of piperazine rings is 1. The summed E-state index contributed by atoms with van der Waals surface area (Å²) >= 11 is 0. The molecule has 0 atom stereocenters. The summed E-state index contributed by atoms with van der Waals surface area (Å²) in [5.41, 5.74) is 1.24. The molecule has 2 aromatic rings. The van der Waals surface area contributed by atoms with Crippen LogP contribution in [0.15, 0.2) is 36.7 Å². The number of methoxy groups -OCH3 is 1. The van der Waals surface area contributed by atoms with Crippen molar-refractivity contribution in [1.82, 2.24) is 9.97 Å². The van der Waals surface area contributed by atoms with Crippen molar-refractivity contribution in [3.05, 3.63) is 36.7 Å². The third-order valence-electron chi connectivity index (χ3n) is 4.92. The predicted molar refractivity (Wildman–Crippen MR) is 108 cm³/mol. The van der Waals surface area contributed by atoms with Crippen LogP contribution in [0.1, 0.15) is 19.8 Å². The Kier molecular flexibility index (Phi) is 6.15. The van der Waals surface area contributed by atoms with Crippen LogP contribution < -0.4 is 19.4 Å². The van der Waals surface area contributed by atoms with Gasteiger partial charge in [0.2, 0.25) is 0 Å². The molecule has 0 radical (unpaired) electrons. The second-order valence-electron chi connectivity index (χ2n) is 6.68. The summed E-state index contributed by atoms with van der Waals surface area (Å²) in [7, 11) is 3.80. The number of nitrogens with zero attached hydrogens (tertiary/aromatic N) is 5. The van der Waals surface area contributed by atoms with Gasteiger partial charge in [0, 0.05) is 51.5 Å². The topological polar surface area (TPSA) is 44.7 Å². The quantitative estimate of drug-likeness (QED) is 0.761. The second-order valence-corrected chi connectivity index (χ2v) is 6.68. The highest BCUT2D eigenvalue weighted by molar-refractivity contribution is 5.53. The fraction of sp³-hybridized carbons (Fsp3) is 0.500. The van der Waals surface area contributed by atoms with Crippen molar-refractivity contribution >= 4 is 17.3 Å². The Morgan fingerprint density at radius 2 is 1.73 bits per heavy atom. The van der Waals surface area contributed by atoms with Crippen LogP contribution in [-0.2, 0) is 0 Å². The van der Waals surface area contributed by atoms with E-state index in [9.17, 15) is 0 Å². The molecule has 0 amide bonds. The first-order valence-corrected chi connectivity index (χ1v) is 9.38. The van der Waals surface area contributed by atoms with E-state index in [1.165, 1.54) is 18.5 Å². The average molecular weight is 355 g/mol. The zero-order valence-corrected chi connectivity index (χ0v) is 16.1. The van der Waals surface area contributed by atoms with E-state index in [-0.39, 0.29) is 0 Å².